The predicted octanol–water partition coefficient (Wildman–Crippen LogP) is 7.79. The first-order valence-electron chi connectivity index (χ1n) is 22.0. The van der Waals surface area contributed by atoms with Crippen molar-refractivity contribution < 1.29 is 38.2 Å². The number of rotatable bonds is 12. The summed E-state index contributed by atoms with van der Waals surface area (Å²) in [5, 5.41) is 8.41. The number of imidazole rings is 1. The lowest BCUT2D eigenvalue weighted by Crippen LogP contribution is -2.49. The van der Waals surface area contributed by atoms with Gasteiger partial charge in [-0.3, -0.25) is 19.2 Å². The van der Waals surface area contributed by atoms with E-state index in [1.165, 1.54) is 4.90 Å². The van der Waals surface area contributed by atoms with Crippen molar-refractivity contribution in [3.05, 3.63) is 120 Å². The molecule has 0 spiro atoms. The summed E-state index contributed by atoms with van der Waals surface area (Å²) in [5.41, 5.74) is 3.14. The molecule has 7 rings (SSSR count). The molecule has 340 valence electrons. The Balaban J connectivity index is 0.988. The monoisotopic (exact) mass is 883 g/mol. The van der Waals surface area contributed by atoms with Gasteiger partial charge in [-0.2, -0.15) is 0 Å². The molecule has 0 radical (unpaired) electrons. The van der Waals surface area contributed by atoms with E-state index >= 15 is 0 Å². The lowest BCUT2D eigenvalue weighted by molar-refractivity contribution is -0.139. The van der Waals surface area contributed by atoms with E-state index in [4.69, 9.17) is 14.5 Å². The Morgan fingerprint density at radius 3 is 1.71 bits per heavy atom. The predicted molar refractivity (Wildman–Crippen MR) is 245 cm³/mol. The van der Waals surface area contributed by atoms with Crippen LogP contribution in [-0.2, 0) is 35.1 Å². The van der Waals surface area contributed by atoms with Gasteiger partial charge in [-0.1, -0.05) is 66.7 Å². The third-order valence-electron chi connectivity index (χ3n) is 11.2. The van der Waals surface area contributed by atoms with E-state index in [9.17, 15) is 28.8 Å². The Bertz CT molecular complexity index is 2530. The summed E-state index contributed by atoms with van der Waals surface area (Å²) in [6.45, 7) is 11.2. The highest BCUT2D eigenvalue weighted by molar-refractivity contribution is 5.99. The first-order valence-corrected chi connectivity index (χ1v) is 22.0. The number of carbonyl (C=O) groups is 6. The third kappa shape index (κ3) is 11.6. The normalized spacial score (nSPS) is 17.3. The molecule has 4 aromatic carbocycles. The number of fused-ring (bicyclic) bond motifs is 1. The second-order valence-corrected chi connectivity index (χ2v) is 18.5. The first kappa shape index (κ1) is 46.0. The maximum atomic E-state index is 14.1. The van der Waals surface area contributed by atoms with Crippen LogP contribution in [0.2, 0.25) is 0 Å². The van der Waals surface area contributed by atoms with Gasteiger partial charge in [-0.05, 0) is 120 Å². The number of likely N-dealkylation sites (tertiary alicyclic amines) is 2. The summed E-state index contributed by atoms with van der Waals surface area (Å²) >= 11 is 0. The van der Waals surface area contributed by atoms with E-state index in [0.29, 0.717) is 66.9 Å². The van der Waals surface area contributed by atoms with Gasteiger partial charge in [0, 0.05) is 30.8 Å². The van der Waals surface area contributed by atoms with E-state index < -0.39 is 53.5 Å². The van der Waals surface area contributed by atoms with E-state index in [1.54, 1.807) is 107 Å². The number of hydrogen-bond donors (Lipinski definition) is 4. The van der Waals surface area contributed by atoms with Crippen LogP contribution < -0.4 is 16.0 Å². The number of aromatic amines is 1. The van der Waals surface area contributed by atoms with E-state index in [0.717, 1.165) is 16.6 Å². The third-order valence-corrected chi connectivity index (χ3v) is 11.2. The number of benzene rings is 4. The second kappa shape index (κ2) is 19.4. The maximum Gasteiger partial charge on any atom is 0.408 e. The van der Waals surface area contributed by atoms with E-state index in [2.05, 4.69) is 20.9 Å². The van der Waals surface area contributed by atoms with Crippen molar-refractivity contribution in [2.45, 2.75) is 109 Å². The van der Waals surface area contributed by atoms with Crippen LogP contribution in [0, 0.1) is 0 Å². The highest BCUT2D eigenvalue weighted by Gasteiger charge is 2.40. The first-order chi connectivity index (χ1) is 30.9. The fourth-order valence-electron chi connectivity index (χ4n) is 8.28. The average Bonchev–Trinajstić information content (AvgIpc) is 4.05. The lowest BCUT2D eigenvalue weighted by Gasteiger charge is -2.29. The molecule has 4 atom stereocenters. The molecule has 0 unspecified atom stereocenters. The molecular formula is C50H57N7O8. The van der Waals surface area contributed by atoms with Crippen molar-refractivity contribution in [2.75, 3.05) is 18.4 Å². The molecule has 2 aliphatic heterocycles. The van der Waals surface area contributed by atoms with Crippen LogP contribution >= 0.6 is 0 Å². The summed E-state index contributed by atoms with van der Waals surface area (Å²) in [7, 11) is 0. The van der Waals surface area contributed by atoms with Crippen LogP contribution in [0.15, 0.2) is 103 Å². The van der Waals surface area contributed by atoms with Gasteiger partial charge >= 0.3 is 12.2 Å². The molecule has 3 heterocycles. The van der Waals surface area contributed by atoms with Crippen molar-refractivity contribution in [2.24, 2.45) is 0 Å². The molecule has 5 amide bonds. The van der Waals surface area contributed by atoms with Gasteiger partial charge < -0.3 is 40.2 Å². The number of nitrogens with zero attached hydrogens (tertiary/aromatic N) is 3. The highest BCUT2D eigenvalue weighted by atomic mass is 16.6. The largest absolute Gasteiger partial charge is 0.444 e. The number of carbonyl (C=O) groups excluding carboxylic acids is 6. The summed E-state index contributed by atoms with van der Waals surface area (Å²) in [4.78, 5) is 92.5. The highest BCUT2D eigenvalue weighted by Crippen LogP contribution is 2.29. The molecule has 5 aromatic rings. The molecule has 2 aliphatic rings. The number of ketones is 1. The molecule has 1 aromatic heterocycles. The number of amides is 5. The molecule has 15 heteroatoms. The van der Waals surface area contributed by atoms with Crippen molar-refractivity contribution in [1.29, 1.82) is 0 Å². The summed E-state index contributed by atoms with van der Waals surface area (Å²) in [6.07, 6.45) is 0.917. The SMILES string of the molecule is CC(C)(C)OC(=O)N[C@H](C(=O)N1CCC[C@H]1C(=O)Cc1ccc2nc(-c3ccc(NC(=O)[C@@H]4CCCN4C(=O)[C@@H](NC(=O)OC(C)(C)C)c4ccccc4)cc3)[nH]c2c1)c1ccccc1. The van der Waals surface area contributed by atoms with Crippen LogP contribution in [0.5, 0.6) is 0 Å². The standard InChI is InChI=1S/C50H57N7O8/c1-49(2,3)64-47(62)54-41(32-15-9-7-10-16-32)45(60)56-27-13-19-38(56)40(58)30-31-21-26-36-37(29-31)53-43(52-36)34-22-24-35(25-23-34)51-44(59)39-20-14-28-57(39)46(61)42(33-17-11-8-12-18-33)55-48(63)65-50(4,5)6/h7-12,15-18,21-26,29,38-39,41-42H,13-14,19-20,27-28,30H2,1-6H3,(H,51,59)(H,52,53)(H,54,62)(H,55,63)/t38-,39-,41-,42-/m0/s1. The van der Waals surface area contributed by atoms with E-state index in [1.807, 2.05) is 42.5 Å². The van der Waals surface area contributed by atoms with Crippen molar-refractivity contribution in [1.82, 2.24) is 30.4 Å². The molecule has 0 aliphatic carbocycles. The molecule has 15 nitrogen and oxygen atoms in total. The van der Waals surface area contributed by atoms with Crippen LogP contribution in [0.4, 0.5) is 15.3 Å². The quantitative estimate of drug-likeness (QED) is 0.0968. The van der Waals surface area contributed by atoms with Crippen molar-refractivity contribution in [3.8, 4) is 11.4 Å². The van der Waals surface area contributed by atoms with Gasteiger partial charge in [0.25, 0.3) is 11.8 Å². The smallest absolute Gasteiger partial charge is 0.408 e. The number of anilines is 1. The Labute approximate surface area is 378 Å². The van der Waals surface area contributed by atoms with Gasteiger partial charge in [-0.25, -0.2) is 14.6 Å². The van der Waals surface area contributed by atoms with Crippen LogP contribution in [0.1, 0.15) is 96.0 Å². The number of alkyl carbamates (subject to hydrolysis) is 2. The average molecular weight is 884 g/mol. The van der Waals surface area contributed by atoms with Crippen molar-refractivity contribution >= 4 is 52.4 Å². The molecular weight excluding hydrogens is 827 g/mol. The fourth-order valence-corrected chi connectivity index (χ4v) is 8.28. The zero-order chi connectivity index (χ0) is 46.5. The number of ether oxygens (including phenoxy) is 2. The van der Waals surface area contributed by atoms with Crippen molar-refractivity contribution in [3.63, 3.8) is 0 Å². The topological polar surface area (TPSA) is 192 Å². The lowest BCUT2D eigenvalue weighted by atomic mass is 10.00. The number of nitrogens with one attached hydrogen (secondary N) is 4. The van der Waals surface area contributed by atoms with Crippen LogP contribution in [0.3, 0.4) is 0 Å². The minimum atomic E-state index is -1.04. The number of H-pyrrole nitrogens is 1. The number of aromatic nitrogens is 2. The van der Waals surface area contributed by atoms with Crippen LogP contribution in [-0.4, -0.2) is 91.8 Å². The molecule has 4 N–H and O–H groups in total. The summed E-state index contributed by atoms with van der Waals surface area (Å²) < 4.78 is 10.9. The van der Waals surface area contributed by atoms with Gasteiger partial charge in [0.05, 0.1) is 17.1 Å². The Morgan fingerprint density at radius 1 is 0.677 bits per heavy atom. The molecule has 2 fully saturated rings. The molecule has 65 heavy (non-hydrogen) atoms. The van der Waals surface area contributed by atoms with Gasteiger partial charge in [0.1, 0.15) is 35.2 Å². The number of hydrogen-bond acceptors (Lipinski definition) is 9. The zero-order valence-electron chi connectivity index (χ0n) is 37.7. The van der Waals surface area contributed by atoms with Crippen LogP contribution in [0.25, 0.3) is 22.4 Å². The van der Waals surface area contributed by atoms with Gasteiger partial charge in [0.2, 0.25) is 5.91 Å². The Kier molecular flexibility index (Phi) is 13.7. The van der Waals surface area contributed by atoms with Gasteiger partial charge in [0.15, 0.2) is 5.78 Å². The zero-order valence-corrected chi connectivity index (χ0v) is 37.7. The Morgan fingerprint density at radius 2 is 1.18 bits per heavy atom. The van der Waals surface area contributed by atoms with Gasteiger partial charge in [-0.15, -0.1) is 0 Å². The summed E-state index contributed by atoms with van der Waals surface area (Å²) in [5.74, 6) is -0.609. The molecule has 0 saturated carbocycles. The summed E-state index contributed by atoms with van der Waals surface area (Å²) in [6, 6.07) is 27.2. The fraction of sp³-hybridized carbons (Fsp3) is 0.380. The minimum absolute atomic E-state index is 0.0970. The second-order valence-electron chi connectivity index (χ2n) is 18.5. The maximum absolute atomic E-state index is 14.1. The Hall–Kier alpha value is -7.03. The molecule has 0 bridgehead atoms. The van der Waals surface area contributed by atoms with E-state index in [-0.39, 0.29) is 24.0 Å². The minimum Gasteiger partial charge on any atom is -0.444 e. The molecule has 2 saturated heterocycles. The number of Topliss-reactive ketones (excluding diaryl/α,β-unsaturated/α-hetero) is 1.